The van der Waals surface area contributed by atoms with Gasteiger partial charge in [0.05, 0.1) is 6.07 Å². The Bertz CT molecular complexity index is 602. The fraction of sp³-hybridized carbons (Fsp3) is 0.267. The molecule has 0 aromatic carbocycles. The Balaban J connectivity index is 0.00000441. The Morgan fingerprint density at radius 2 is 2.41 bits per heavy atom. The molecule has 0 spiro atoms. The zero-order valence-electron chi connectivity index (χ0n) is 12.7. The number of pyridine rings is 1. The van der Waals surface area contributed by atoms with Gasteiger partial charge < -0.3 is 27.3 Å². The monoisotopic (exact) mass is 290 g/mol. The maximum Gasteiger partial charge on any atom is 1.00 e. The van der Waals surface area contributed by atoms with Gasteiger partial charge in [-0.15, -0.1) is 19.2 Å². The SMILES string of the molecule is [CH2-]CN(C[CH-]COc1[c-]nc(C#N)c(N)c1)C(=O)C#CC.[Li+]. The number of hydrogen-bond donors (Lipinski definition) is 1. The topological polar surface area (TPSA) is 92.2 Å². The zero-order chi connectivity index (χ0) is 15.7. The maximum atomic E-state index is 11.5. The first kappa shape index (κ1) is 19.9. The minimum atomic E-state index is -0.278. The molecule has 1 heterocycles. The minimum absolute atomic E-state index is 0. The number of carbonyl (C=O) groups is 1. The number of carbonyl (C=O) groups excluding carboxylic acids is 1. The van der Waals surface area contributed by atoms with Crippen molar-refractivity contribution in [1.82, 2.24) is 9.88 Å². The molecule has 1 amide bonds. The normalized spacial score (nSPS) is 8.77. The maximum absolute atomic E-state index is 11.5. The van der Waals surface area contributed by atoms with Gasteiger partial charge in [0.15, 0.2) is 0 Å². The summed E-state index contributed by atoms with van der Waals surface area (Å²) in [7, 11) is 0. The van der Waals surface area contributed by atoms with Gasteiger partial charge in [-0.1, -0.05) is 5.92 Å². The van der Waals surface area contributed by atoms with Gasteiger partial charge in [0, 0.05) is 11.4 Å². The Hall–Kier alpha value is -2.13. The summed E-state index contributed by atoms with van der Waals surface area (Å²) in [5, 5.41) is 8.69. The van der Waals surface area contributed by atoms with E-state index in [0.717, 1.165) is 0 Å². The van der Waals surface area contributed by atoms with Crippen molar-refractivity contribution in [3.05, 3.63) is 31.3 Å². The smallest absolute Gasteiger partial charge is 0.549 e. The number of hydrogen-bond acceptors (Lipinski definition) is 5. The zero-order valence-corrected chi connectivity index (χ0v) is 12.7. The van der Waals surface area contributed by atoms with E-state index in [4.69, 9.17) is 15.7 Å². The van der Waals surface area contributed by atoms with Gasteiger partial charge in [0.25, 0.3) is 5.91 Å². The van der Waals surface area contributed by atoms with E-state index in [1.165, 1.54) is 11.0 Å². The largest absolute Gasteiger partial charge is 1.00 e. The first-order chi connectivity index (χ1) is 10.1. The summed E-state index contributed by atoms with van der Waals surface area (Å²) >= 11 is 0. The number of nitrogen functional groups attached to an aromatic ring is 1. The summed E-state index contributed by atoms with van der Waals surface area (Å²) in [6.45, 7) is 6.21. The molecular formula is C15H15LiN4O2-2. The van der Waals surface area contributed by atoms with Crippen LogP contribution in [0, 0.1) is 42.7 Å². The van der Waals surface area contributed by atoms with Crippen LogP contribution in [-0.4, -0.2) is 35.5 Å². The molecule has 6 nitrogen and oxygen atoms in total. The number of rotatable bonds is 6. The van der Waals surface area contributed by atoms with Crippen molar-refractivity contribution >= 4 is 11.6 Å². The van der Waals surface area contributed by atoms with Crippen molar-refractivity contribution in [3.63, 3.8) is 0 Å². The minimum Gasteiger partial charge on any atom is -0.549 e. The molecule has 1 aromatic rings. The fourth-order valence-electron chi connectivity index (χ4n) is 1.40. The Morgan fingerprint density at radius 1 is 1.68 bits per heavy atom. The third-order valence-electron chi connectivity index (χ3n) is 2.44. The van der Waals surface area contributed by atoms with Crippen LogP contribution in [0.3, 0.4) is 0 Å². The van der Waals surface area contributed by atoms with Crippen LogP contribution in [0.4, 0.5) is 5.69 Å². The molecular weight excluding hydrogens is 275 g/mol. The molecule has 22 heavy (non-hydrogen) atoms. The molecule has 110 valence electrons. The molecule has 0 aliphatic rings. The first-order valence-corrected chi connectivity index (χ1v) is 6.16. The number of aromatic nitrogens is 1. The van der Waals surface area contributed by atoms with Crippen LogP contribution in [0.25, 0.3) is 0 Å². The number of ether oxygens (including phenoxy) is 1. The molecule has 0 unspecified atom stereocenters. The number of nitrogens with two attached hydrogens (primary N) is 1. The van der Waals surface area contributed by atoms with E-state index in [-0.39, 0.29) is 42.8 Å². The van der Waals surface area contributed by atoms with Gasteiger partial charge in [-0.25, -0.2) is 5.26 Å². The number of anilines is 1. The molecule has 0 bridgehead atoms. The quantitative estimate of drug-likeness (QED) is 0.273. The van der Waals surface area contributed by atoms with Crippen LogP contribution in [-0.2, 0) is 4.79 Å². The summed E-state index contributed by atoms with van der Waals surface area (Å²) < 4.78 is 5.36. The third-order valence-corrected chi connectivity index (χ3v) is 2.44. The molecule has 0 aliphatic carbocycles. The summed E-state index contributed by atoms with van der Waals surface area (Å²) in [5.74, 6) is 5.05. The molecule has 2 N–H and O–H groups in total. The second kappa shape index (κ2) is 10.6. The van der Waals surface area contributed by atoms with Gasteiger partial charge in [-0.05, 0) is 31.3 Å². The van der Waals surface area contributed by atoms with Crippen LogP contribution >= 0.6 is 0 Å². The summed E-state index contributed by atoms with van der Waals surface area (Å²) in [6.07, 6.45) is 4.32. The van der Waals surface area contributed by atoms with Crippen molar-refractivity contribution in [2.45, 2.75) is 6.92 Å². The molecule has 0 saturated carbocycles. The van der Waals surface area contributed by atoms with Crippen LogP contribution in [0.15, 0.2) is 6.07 Å². The van der Waals surface area contributed by atoms with Gasteiger partial charge >= 0.3 is 18.9 Å². The van der Waals surface area contributed by atoms with Crippen LogP contribution in [0.1, 0.15) is 12.6 Å². The average Bonchev–Trinajstić information content (AvgIpc) is 2.47. The van der Waals surface area contributed by atoms with Crippen LogP contribution < -0.4 is 29.3 Å². The fourth-order valence-corrected chi connectivity index (χ4v) is 1.40. The second-order valence-corrected chi connectivity index (χ2v) is 3.87. The Morgan fingerprint density at radius 3 is 2.95 bits per heavy atom. The molecule has 0 saturated heterocycles. The number of amides is 1. The van der Waals surface area contributed by atoms with Crippen molar-refractivity contribution in [3.8, 4) is 23.7 Å². The van der Waals surface area contributed by atoms with Gasteiger partial charge in [-0.2, -0.15) is 0 Å². The van der Waals surface area contributed by atoms with E-state index in [2.05, 4.69) is 29.9 Å². The Kier molecular flexibility index (Phi) is 9.55. The van der Waals surface area contributed by atoms with Gasteiger partial charge in [0.1, 0.15) is 0 Å². The van der Waals surface area contributed by atoms with Crippen molar-refractivity contribution in [1.29, 1.82) is 5.26 Å². The number of nitriles is 1. The first-order valence-electron chi connectivity index (χ1n) is 6.16. The van der Waals surface area contributed by atoms with E-state index in [9.17, 15) is 4.79 Å². The van der Waals surface area contributed by atoms with Crippen molar-refractivity contribution < 1.29 is 28.4 Å². The molecule has 1 rings (SSSR count). The summed E-state index contributed by atoms with van der Waals surface area (Å²) in [6, 6.07) is 3.32. The van der Waals surface area contributed by atoms with E-state index in [0.29, 0.717) is 18.8 Å². The summed E-state index contributed by atoms with van der Waals surface area (Å²) in [4.78, 5) is 16.8. The summed E-state index contributed by atoms with van der Waals surface area (Å²) in [5.41, 5.74) is 5.95. The second-order valence-electron chi connectivity index (χ2n) is 3.87. The van der Waals surface area contributed by atoms with Gasteiger partial charge in [-0.3, -0.25) is 11.2 Å². The van der Waals surface area contributed by atoms with E-state index in [1.54, 1.807) is 13.3 Å². The standard InChI is InChI=1S/C15H15N4O2.Li/c1-3-6-15(20)19(4-2)7-5-8-21-12-9-13(17)14(10-16)18-11-12;/h5,9H,2,4,7-8,17H2,1H3;/q-3;+1. The van der Waals surface area contributed by atoms with Crippen molar-refractivity contribution in [2.24, 2.45) is 0 Å². The van der Waals surface area contributed by atoms with Crippen molar-refractivity contribution in [2.75, 3.05) is 25.4 Å². The van der Waals surface area contributed by atoms with Crippen LogP contribution in [0.5, 0.6) is 5.75 Å². The molecule has 0 aliphatic heterocycles. The predicted octanol–water partition coefficient (Wildman–Crippen LogP) is -2.39. The van der Waals surface area contributed by atoms with E-state index < -0.39 is 0 Å². The van der Waals surface area contributed by atoms with Crippen LogP contribution in [0.2, 0.25) is 0 Å². The predicted molar refractivity (Wildman–Crippen MR) is 77.4 cm³/mol. The van der Waals surface area contributed by atoms with E-state index >= 15 is 0 Å². The average molecular weight is 290 g/mol. The number of nitrogens with zero attached hydrogens (tertiary/aromatic N) is 3. The molecule has 0 atom stereocenters. The molecule has 0 fully saturated rings. The van der Waals surface area contributed by atoms with E-state index in [1.807, 2.05) is 6.07 Å². The molecule has 0 radical (unpaired) electrons. The third kappa shape index (κ3) is 6.10. The Labute approximate surface area is 142 Å². The van der Waals surface area contributed by atoms with Gasteiger partial charge in [0.2, 0.25) is 0 Å². The molecule has 1 aromatic heterocycles. The molecule has 7 heteroatoms.